The first kappa shape index (κ1) is 28.1. The van der Waals surface area contributed by atoms with Crippen molar-refractivity contribution in [3.8, 4) is 17.5 Å². The summed E-state index contributed by atoms with van der Waals surface area (Å²) in [7, 11) is 1.47. The van der Waals surface area contributed by atoms with Crippen LogP contribution in [0.5, 0.6) is 17.5 Å². The van der Waals surface area contributed by atoms with E-state index in [1.54, 1.807) is 30.3 Å². The Kier molecular flexibility index (Phi) is 8.56. The zero-order valence-electron chi connectivity index (χ0n) is 21.3. The van der Waals surface area contributed by atoms with E-state index in [1.165, 1.54) is 41.3 Å². The molecular weight excluding hydrogens is 538 g/mol. The minimum absolute atomic E-state index is 0.0150. The van der Waals surface area contributed by atoms with Crippen LogP contribution in [0.1, 0.15) is 18.9 Å². The second-order valence-electron chi connectivity index (χ2n) is 8.57. The fourth-order valence-corrected chi connectivity index (χ4v) is 3.97. The number of fused-ring (bicyclic) bond motifs is 1. The second-order valence-corrected chi connectivity index (χ2v) is 9.00. The summed E-state index contributed by atoms with van der Waals surface area (Å²) in [5, 5.41) is 9.91. The van der Waals surface area contributed by atoms with Crippen LogP contribution in [0.15, 0.2) is 58.1 Å². The molecule has 0 spiro atoms. The van der Waals surface area contributed by atoms with Crippen LogP contribution in [0.3, 0.4) is 0 Å². The molecule has 0 atom stereocenters. The summed E-state index contributed by atoms with van der Waals surface area (Å²) >= 11 is 6.00. The van der Waals surface area contributed by atoms with E-state index in [1.807, 2.05) is 0 Å². The van der Waals surface area contributed by atoms with Gasteiger partial charge in [0.15, 0.2) is 11.2 Å². The number of nitrogens with zero attached hydrogens (tertiary/aromatic N) is 4. The van der Waals surface area contributed by atoms with Crippen molar-refractivity contribution in [1.29, 1.82) is 0 Å². The SMILES string of the molecule is CCC(F)(F)Oc1cccc(OCCOc2nc3c(c(=O)n(CCO)c(=O)n3C)n2Cc2ccc(Cl)cc2)c1. The van der Waals surface area contributed by atoms with Gasteiger partial charge in [-0.15, -0.1) is 0 Å². The molecule has 0 saturated carbocycles. The Bertz CT molecular complexity index is 1570. The highest BCUT2D eigenvalue weighted by molar-refractivity contribution is 6.30. The summed E-state index contributed by atoms with van der Waals surface area (Å²) in [5.74, 6) is 0.261. The van der Waals surface area contributed by atoms with Gasteiger partial charge in [0.1, 0.15) is 24.7 Å². The van der Waals surface area contributed by atoms with Gasteiger partial charge in [0.25, 0.3) is 11.6 Å². The number of benzene rings is 2. The van der Waals surface area contributed by atoms with Gasteiger partial charge in [-0.2, -0.15) is 13.8 Å². The molecule has 2 aromatic heterocycles. The quantitative estimate of drug-likeness (QED) is 0.263. The lowest BCUT2D eigenvalue weighted by molar-refractivity contribution is -0.177. The van der Waals surface area contributed by atoms with Gasteiger partial charge in [-0.25, -0.2) is 4.79 Å². The standard InChI is InChI=1S/C26H27ClF2N4O6/c1-3-26(28,29)39-20-6-4-5-19(15-20)37-13-14-38-24-30-22-21(23(35)32(11-12-34)25(36)31(22)2)33(24)16-17-7-9-18(27)10-8-17/h4-10,15,34H,3,11-14,16H2,1-2H3. The van der Waals surface area contributed by atoms with Crippen molar-refractivity contribution in [2.75, 3.05) is 19.8 Å². The van der Waals surface area contributed by atoms with E-state index in [0.29, 0.717) is 10.8 Å². The largest absolute Gasteiger partial charge is 0.490 e. The van der Waals surface area contributed by atoms with Crippen molar-refractivity contribution in [2.24, 2.45) is 7.05 Å². The Morgan fingerprint density at radius 3 is 2.41 bits per heavy atom. The van der Waals surface area contributed by atoms with E-state index < -0.39 is 30.4 Å². The number of rotatable bonds is 12. The predicted octanol–water partition coefficient (Wildman–Crippen LogP) is 3.43. The third-order valence-corrected chi connectivity index (χ3v) is 6.09. The molecule has 0 amide bonds. The number of halogens is 3. The molecule has 0 aliphatic heterocycles. The highest BCUT2D eigenvalue weighted by Gasteiger charge is 2.28. The summed E-state index contributed by atoms with van der Waals surface area (Å²) in [6, 6.07) is 12.9. The third kappa shape index (κ3) is 6.40. The zero-order valence-corrected chi connectivity index (χ0v) is 22.0. The molecule has 2 aromatic carbocycles. The van der Waals surface area contributed by atoms with Gasteiger partial charge in [0.2, 0.25) is 0 Å². The highest BCUT2D eigenvalue weighted by atomic mass is 35.5. The smallest absolute Gasteiger partial charge is 0.397 e. The molecule has 0 saturated heterocycles. The number of aliphatic hydroxyl groups excluding tert-OH is 1. The highest BCUT2D eigenvalue weighted by Crippen LogP contribution is 2.27. The molecule has 208 valence electrons. The fraction of sp³-hybridized carbons (Fsp3) is 0.346. The molecule has 1 N–H and O–H groups in total. The average Bonchev–Trinajstić information content (AvgIpc) is 3.27. The summed E-state index contributed by atoms with van der Waals surface area (Å²) < 4.78 is 47.0. The topological polar surface area (TPSA) is 110 Å². The molecule has 0 bridgehead atoms. The van der Waals surface area contributed by atoms with Gasteiger partial charge in [-0.05, 0) is 29.8 Å². The first-order valence-electron chi connectivity index (χ1n) is 12.1. The minimum atomic E-state index is -3.29. The van der Waals surface area contributed by atoms with Crippen molar-refractivity contribution in [3.05, 3.63) is 80.0 Å². The molecular formula is C26H27ClF2N4O6. The molecule has 0 radical (unpaired) electrons. The Morgan fingerprint density at radius 2 is 1.72 bits per heavy atom. The second kappa shape index (κ2) is 11.9. The zero-order chi connectivity index (χ0) is 28.2. The van der Waals surface area contributed by atoms with E-state index >= 15 is 0 Å². The van der Waals surface area contributed by atoms with Crippen molar-refractivity contribution in [1.82, 2.24) is 18.7 Å². The van der Waals surface area contributed by atoms with Crippen LogP contribution < -0.4 is 25.5 Å². The lowest BCUT2D eigenvalue weighted by Gasteiger charge is -2.16. The van der Waals surface area contributed by atoms with Crippen LogP contribution in [0, 0.1) is 0 Å². The van der Waals surface area contributed by atoms with E-state index in [9.17, 15) is 23.5 Å². The van der Waals surface area contributed by atoms with E-state index in [4.69, 9.17) is 25.8 Å². The Hall–Kier alpha value is -3.90. The number of aryl methyl sites for hydroxylation is 1. The summed E-state index contributed by atoms with van der Waals surface area (Å²) in [6.45, 7) is 0.934. The average molecular weight is 565 g/mol. The summed E-state index contributed by atoms with van der Waals surface area (Å²) in [5.41, 5.74) is -0.204. The maximum absolute atomic E-state index is 13.6. The van der Waals surface area contributed by atoms with Gasteiger partial charge in [0.05, 0.1) is 19.7 Å². The Balaban J connectivity index is 1.59. The van der Waals surface area contributed by atoms with E-state index in [2.05, 4.69) is 4.98 Å². The molecule has 0 aliphatic rings. The molecule has 13 heteroatoms. The third-order valence-electron chi connectivity index (χ3n) is 5.84. The molecule has 4 rings (SSSR count). The molecule has 0 unspecified atom stereocenters. The van der Waals surface area contributed by atoms with E-state index in [0.717, 1.165) is 10.1 Å². The number of imidazole rings is 1. The molecule has 0 aliphatic carbocycles. The minimum Gasteiger partial charge on any atom is -0.490 e. The van der Waals surface area contributed by atoms with Crippen LogP contribution in [-0.2, 0) is 20.1 Å². The maximum atomic E-state index is 13.6. The van der Waals surface area contributed by atoms with Crippen molar-refractivity contribution in [3.63, 3.8) is 0 Å². The lowest BCUT2D eigenvalue weighted by Crippen LogP contribution is -2.40. The van der Waals surface area contributed by atoms with Crippen LogP contribution in [0.4, 0.5) is 8.78 Å². The van der Waals surface area contributed by atoms with Crippen LogP contribution in [0.2, 0.25) is 5.02 Å². The van der Waals surface area contributed by atoms with Gasteiger partial charge in [-0.3, -0.25) is 18.5 Å². The van der Waals surface area contributed by atoms with Gasteiger partial charge in [0, 0.05) is 24.6 Å². The van der Waals surface area contributed by atoms with Crippen LogP contribution in [0.25, 0.3) is 11.2 Å². The number of alkyl halides is 2. The lowest BCUT2D eigenvalue weighted by atomic mass is 10.2. The monoisotopic (exact) mass is 564 g/mol. The predicted molar refractivity (Wildman–Crippen MR) is 140 cm³/mol. The van der Waals surface area contributed by atoms with Gasteiger partial charge < -0.3 is 19.3 Å². The van der Waals surface area contributed by atoms with Crippen molar-refractivity contribution in [2.45, 2.75) is 32.5 Å². The van der Waals surface area contributed by atoms with E-state index in [-0.39, 0.29) is 49.2 Å². The first-order chi connectivity index (χ1) is 18.6. The van der Waals surface area contributed by atoms with Crippen molar-refractivity contribution >= 4 is 22.8 Å². The van der Waals surface area contributed by atoms with Crippen molar-refractivity contribution < 1.29 is 28.1 Å². The maximum Gasteiger partial charge on any atom is 0.397 e. The number of hydrogen-bond donors (Lipinski definition) is 1. The first-order valence-corrected chi connectivity index (χ1v) is 12.5. The fourth-order valence-electron chi connectivity index (χ4n) is 3.84. The Morgan fingerprint density at radius 1 is 1.03 bits per heavy atom. The van der Waals surface area contributed by atoms with Gasteiger partial charge in [-0.1, -0.05) is 36.7 Å². The summed E-state index contributed by atoms with van der Waals surface area (Å²) in [4.78, 5) is 30.3. The summed E-state index contributed by atoms with van der Waals surface area (Å²) in [6.07, 6.45) is -3.76. The number of aliphatic hydroxyl groups is 1. The number of ether oxygens (including phenoxy) is 3. The molecule has 39 heavy (non-hydrogen) atoms. The Labute approximate surface area is 226 Å². The number of aromatic nitrogens is 4. The van der Waals surface area contributed by atoms with Crippen LogP contribution in [-0.4, -0.2) is 49.7 Å². The molecule has 2 heterocycles. The molecule has 10 nitrogen and oxygen atoms in total. The molecule has 0 fully saturated rings. The number of hydrogen-bond acceptors (Lipinski definition) is 7. The normalized spacial score (nSPS) is 11.6. The van der Waals surface area contributed by atoms with Gasteiger partial charge >= 0.3 is 11.8 Å². The van der Waals surface area contributed by atoms with Crippen LogP contribution >= 0.6 is 11.6 Å². The molecule has 4 aromatic rings.